The van der Waals surface area contributed by atoms with E-state index < -0.39 is 0 Å². The second-order valence-electron chi connectivity index (χ2n) is 4.59. The Kier molecular flexibility index (Phi) is 4.85. The van der Waals surface area contributed by atoms with Gasteiger partial charge in [0.15, 0.2) is 0 Å². The predicted octanol–water partition coefficient (Wildman–Crippen LogP) is 5.32. The number of aryl methyl sites for hydroxylation is 1. The fourth-order valence-corrected chi connectivity index (χ4v) is 2.56. The second-order valence-corrected chi connectivity index (χ2v) is 5.82. The summed E-state index contributed by atoms with van der Waals surface area (Å²) in [5, 5.41) is 0. The molecule has 2 aromatic rings. The molecular weight excluding hydrogens is 308 g/mol. The van der Waals surface area contributed by atoms with Gasteiger partial charge in [0.2, 0.25) is 0 Å². The number of alkyl halides is 1. The van der Waals surface area contributed by atoms with E-state index >= 15 is 0 Å². The van der Waals surface area contributed by atoms with Gasteiger partial charge in [-0.3, -0.25) is 0 Å². The van der Waals surface area contributed by atoms with Crippen molar-refractivity contribution in [3.8, 4) is 0 Å². The van der Waals surface area contributed by atoms with Crippen LogP contribution in [0.1, 0.15) is 22.6 Å². The van der Waals surface area contributed by atoms with E-state index in [1.54, 1.807) is 0 Å². The number of benzene rings is 2. The zero-order chi connectivity index (χ0) is 13.0. The average molecular weight is 324 g/mol. The molecule has 2 heteroatoms. The fraction of sp³-hybridized carbons (Fsp3) is 0.250. The van der Waals surface area contributed by atoms with E-state index in [2.05, 4.69) is 71.4 Å². The van der Waals surface area contributed by atoms with Crippen LogP contribution in [0.2, 0.25) is 0 Å². The Morgan fingerprint density at radius 3 is 2.17 bits per heavy atom. The Hall–Kier alpha value is -0.790. The first-order valence-corrected chi connectivity index (χ1v) is 7.39. The molecule has 0 aliphatic carbocycles. The number of hydrogen-bond acceptors (Lipinski definition) is 0. The highest BCUT2D eigenvalue weighted by atomic mass is 79.9. The standard InChI is InChI=1S/C16H16BrCl/c1-12-2-6-14(7-3-12)15(11-18)10-13-4-8-16(17)9-5-13/h2-9,15H,10-11H2,1H3. The van der Waals surface area contributed by atoms with E-state index in [1.807, 2.05) is 0 Å². The molecule has 2 rings (SSSR count). The normalized spacial score (nSPS) is 12.4. The van der Waals surface area contributed by atoms with E-state index in [9.17, 15) is 0 Å². The summed E-state index contributed by atoms with van der Waals surface area (Å²) in [5.41, 5.74) is 3.93. The third-order valence-electron chi connectivity index (χ3n) is 3.13. The molecular formula is C16H16BrCl. The smallest absolute Gasteiger partial charge is 0.0295 e. The Morgan fingerprint density at radius 1 is 1.00 bits per heavy atom. The van der Waals surface area contributed by atoms with Crippen molar-refractivity contribution in [3.63, 3.8) is 0 Å². The van der Waals surface area contributed by atoms with Gasteiger partial charge in [0.1, 0.15) is 0 Å². The van der Waals surface area contributed by atoms with Gasteiger partial charge in [-0.1, -0.05) is 57.9 Å². The van der Waals surface area contributed by atoms with Crippen LogP contribution in [0.5, 0.6) is 0 Å². The molecule has 1 unspecified atom stereocenters. The number of halogens is 2. The van der Waals surface area contributed by atoms with Crippen molar-refractivity contribution in [2.45, 2.75) is 19.3 Å². The van der Waals surface area contributed by atoms with Crippen LogP contribution in [-0.4, -0.2) is 5.88 Å². The van der Waals surface area contributed by atoms with Crippen LogP contribution in [0.25, 0.3) is 0 Å². The van der Waals surface area contributed by atoms with Crippen LogP contribution in [0, 0.1) is 6.92 Å². The molecule has 0 nitrogen and oxygen atoms in total. The summed E-state index contributed by atoms with van der Waals surface area (Å²) in [6, 6.07) is 17.1. The molecule has 0 amide bonds. The third-order valence-corrected chi connectivity index (χ3v) is 4.03. The Balaban J connectivity index is 2.14. The van der Waals surface area contributed by atoms with Gasteiger partial charge >= 0.3 is 0 Å². The van der Waals surface area contributed by atoms with E-state index in [4.69, 9.17) is 11.6 Å². The lowest BCUT2D eigenvalue weighted by atomic mass is 9.93. The molecule has 0 spiro atoms. The molecule has 0 heterocycles. The van der Waals surface area contributed by atoms with Crippen LogP contribution in [0.15, 0.2) is 53.0 Å². The first kappa shape index (κ1) is 13.6. The highest BCUT2D eigenvalue weighted by Gasteiger charge is 2.11. The highest BCUT2D eigenvalue weighted by molar-refractivity contribution is 9.10. The SMILES string of the molecule is Cc1ccc(C(CCl)Cc2ccc(Br)cc2)cc1. The fourth-order valence-electron chi connectivity index (χ4n) is 2.01. The monoisotopic (exact) mass is 322 g/mol. The van der Waals surface area contributed by atoms with Gasteiger partial charge in [-0.2, -0.15) is 0 Å². The van der Waals surface area contributed by atoms with Gasteiger partial charge in [-0.15, -0.1) is 11.6 Å². The van der Waals surface area contributed by atoms with Crippen LogP contribution in [-0.2, 0) is 6.42 Å². The van der Waals surface area contributed by atoms with Crippen molar-refractivity contribution in [1.29, 1.82) is 0 Å². The molecule has 2 aromatic carbocycles. The predicted molar refractivity (Wildman–Crippen MR) is 82.5 cm³/mol. The molecule has 0 aliphatic heterocycles. The maximum Gasteiger partial charge on any atom is 0.0295 e. The summed E-state index contributed by atoms with van der Waals surface area (Å²) in [5.74, 6) is 1.03. The van der Waals surface area contributed by atoms with Crippen LogP contribution >= 0.6 is 27.5 Å². The first-order chi connectivity index (χ1) is 8.69. The summed E-state index contributed by atoms with van der Waals surface area (Å²) >= 11 is 9.57. The highest BCUT2D eigenvalue weighted by Crippen LogP contribution is 2.23. The molecule has 0 saturated heterocycles. The minimum atomic E-state index is 0.383. The van der Waals surface area contributed by atoms with Crippen LogP contribution in [0.4, 0.5) is 0 Å². The molecule has 0 saturated carbocycles. The summed E-state index contributed by atoms with van der Waals surface area (Å²) in [7, 11) is 0. The number of hydrogen-bond donors (Lipinski definition) is 0. The van der Waals surface area contributed by atoms with Crippen molar-refractivity contribution < 1.29 is 0 Å². The minimum absolute atomic E-state index is 0.383. The average Bonchev–Trinajstić information content (AvgIpc) is 2.39. The molecule has 0 radical (unpaired) electrons. The van der Waals surface area contributed by atoms with Gasteiger partial charge in [-0.05, 0) is 36.6 Å². The molecule has 0 N–H and O–H groups in total. The van der Waals surface area contributed by atoms with Crippen molar-refractivity contribution in [2.75, 3.05) is 5.88 Å². The molecule has 94 valence electrons. The van der Waals surface area contributed by atoms with E-state index in [0.717, 1.165) is 10.9 Å². The summed E-state index contributed by atoms with van der Waals surface area (Å²) < 4.78 is 1.11. The molecule has 1 atom stereocenters. The summed E-state index contributed by atoms with van der Waals surface area (Å²) in [4.78, 5) is 0. The zero-order valence-corrected chi connectivity index (χ0v) is 12.7. The lowest BCUT2D eigenvalue weighted by molar-refractivity contribution is 0.766. The Labute approximate surface area is 122 Å². The summed E-state index contributed by atoms with van der Waals surface area (Å²) in [6.45, 7) is 2.11. The molecule has 0 bridgehead atoms. The van der Waals surface area contributed by atoms with E-state index in [0.29, 0.717) is 11.8 Å². The van der Waals surface area contributed by atoms with Gasteiger partial charge < -0.3 is 0 Å². The van der Waals surface area contributed by atoms with E-state index in [-0.39, 0.29) is 0 Å². The van der Waals surface area contributed by atoms with Gasteiger partial charge in [-0.25, -0.2) is 0 Å². The van der Waals surface area contributed by atoms with Crippen molar-refractivity contribution in [1.82, 2.24) is 0 Å². The molecule has 0 aromatic heterocycles. The van der Waals surface area contributed by atoms with Gasteiger partial charge in [0, 0.05) is 16.3 Å². The van der Waals surface area contributed by atoms with Crippen molar-refractivity contribution >= 4 is 27.5 Å². The lowest BCUT2D eigenvalue weighted by Gasteiger charge is -2.15. The molecule has 18 heavy (non-hydrogen) atoms. The van der Waals surface area contributed by atoms with Gasteiger partial charge in [0.05, 0.1) is 0 Å². The molecule has 0 fully saturated rings. The van der Waals surface area contributed by atoms with E-state index in [1.165, 1.54) is 16.7 Å². The first-order valence-electron chi connectivity index (χ1n) is 6.06. The lowest BCUT2D eigenvalue weighted by Crippen LogP contribution is -2.04. The quantitative estimate of drug-likeness (QED) is 0.668. The largest absolute Gasteiger partial charge is 0.126 e. The van der Waals surface area contributed by atoms with Crippen molar-refractivity contribution in [2.24, 2.45) is 0 Å². The topological polar surface area (TPSA) is 0 Å². The maximum atomic E-state index is 6.11. The minimum Gasteiger partial charge on any atom is -0.126 e. The number of rotatable bonds is 4. The second kappa shape index (κ2) is 6.40. The Bertz CT molecular complexity index is 488. The van der Waals surface area contributed by atoms with Crippen molar-refractivity contribution in [3.05, 3.63) is 69.7 Å². The Morgan fingerprint density at radius 2 is 1.61 bits per heavy atom. The third kappa shape index (κ3) is 3.60. The van der Waals surface area contributed by atoms with Gasteiger partial charge in [0.25, 0.3) is 0 Å². The zero-order valence-electron chi connectivity index (χ0n) is 10.4. The maximum absolute atomic E-state index is 6.11. The van der Waals surface area contributed by atoms with Crippen LogP contribution < -0.4 is 0 Å². The summed E-state index contributed by atoms with van der Waals surface area (Å²) in [6.07, 6.45) is 0.986. The van der Waals surface area contributed by atoms with Crippen LogP contribution in [0.3, 0.4) is 0 Å². The molecule has 0 aliphatic rings.